The van der Waals surface area contributed by atoms with E-state index in [1.807, 2.05) is 29.5 Å². The average molecular weight is 370 g/mol. The molecule has 10 heavy (non-hydrogen) atoms. The summed E-state index contributed by atoms with van der Waals surface area (Å²) in [4.78, 5) is 0. The molecule has 0 aromatic rings. The van der Waals surface area contributed by atoms with Gasteiger partial charge in [0.2, 0.25) is 0 Å². The first-order valence-electron chi connectivity index (χ1n) is 2.61. The van der Waals surface area contributed by atoms with Gasteiger partial charge in [-0.15, -0.1) is 0 Å². The molecule has 0 spiro atoms. The van der Waals surface area contributed by atoms with Crippen LogP contribution in [0.4, 0.5) is 0 Å². The Labute approximate surface area is 86.4 Å². The van der Waals surface area contributed by atoms with Gasteiger partial charge in [0.05, 0.1) is 3.58 Å². The largest absolute Gasteiger partial charge is 0.339 e. The molecule has 0 radical (unpaired) electrons. The fourth-order valence-electron chi connectivity index (χ4n) is 0.337. The summed E-state index contributed by atoms with van der Waals surface area (Å²) >= 11 is 3.65. The predicted molar refractivity (Wildman–Crippen MR) is 54.7 cm³/mol. The molecule has 0 atom stereocenters. The van der Waals surface area contributed by atoms with Crippen LogP contribution < -0.4 is 0 Å². The molecule has 0 rings (SSSR count). The molecule has 3 N–H and O–H groups in total. The van der Waals surface area contributed by atoms with E-state index in [9.17, 15) is 0 Å². The van der Waals surface area contributed by atoms with Crippen LogP contribution in [0, 0.1) is 0 Å². The van der Waals surface area contributed by atoms with Crippen LogP contribution in [0.15, 0.2) is 7.16 Å². The summed E-state index contributed by atoms with van der Waals surface area (Å²) < 4.78 is 0.902. The number of hydrogen-bond donors (Lipinski definition) is 3. The lowest BCUT2D eigenvalue weighted by atomic mass is 10.4. The highest BCUT2D eigenvalue weighted by Crippen LogP contribution is 2.28. The van der Waals surface area contributed by atoms with Gasteiger partial charge in [-0.25, -0.2) is 0 Å². The minimum Gasteiger partial charge on any atom is -0.339 e. The number of allylic oxidation sites excluding steroid dienone is 1. The minimum atomic E-state index is -2.66. The molecule has 0 unspecified atom stereocenters. The minimum absolute atomic E-state index is 0.160. The van der Waals surface area contributed by atoms with Crippen LogP contribution >= 0.6 is 45.2 Å². The molecule has 0 bridgehead atoms. The lowest BCUT2D eigenvalue weighted by molar-refractivity contribution is -0.275. The van der Waals surface area contributed by atoms with Crippen LogP contribution in [0.1, 0.15) is 13.3 Å². The molecule has 0 saturated heterocycles. The lowest BCUT2D eigenvalue weighted by Gasteiger charge is -2.14. The van der Waals surface area contributed by atoms with Gasteiger partial charge in [0.1, 0.15) is 0 Å². The quantitative estimate of drug-likeness (QED) is 0.505. The number of halogens is 2. The first-order valence-corrected chi connectivity index (χ1v) is 4.77. The van der Waals surface area contributed by atoms with Crippen LogP contribution in [0.5, 0.6) is 0 Å². The Bertz CT molecular complexity index is 147. The predicted octanol–water partition coefficient (Wildman–Crippen LogP) is 1.11. The van der Waals surface area contributed by atoms with Gasteiger partial charge in [-0.1, -0.05) is 6.92 Å². The van der Waals surface area contributed by atoms with Crippen LogP contribution in [0.25, 0.3) is 0 Å². The second-order valence-electron chi connectivity index (χ2n) is 1.71. The first-order chi connectivity index (χ1) is 4.39. The van der Waals surface area contributed by atoms with E-state index in [1.54, 1.807) is 22.6 Å². The molecule has 0 aromatic heterocycles. The van der Waals surface area contributed by atoms with Gasteiger partial charge in [0.25, 0.3) is 0 Å². The van der Waals surface area contributed by atoms with Crippen molar-refractivity contribution in [3.63, 3.8) is 0 Å². The fraction of sp³-hybridized carbons (Fsp3) is 0.600. The number of rotatable bonds is 2. The van der Waals surface area contributed by atoms with Crippen LogP contribution in [-0.2, 0) is 0 Å². The maximum Gasteiger partial charge on any atom is 0.311 e. The maximum absolute atomic E-state index is 8.63. The van der Waals surface area contributed by atoms with E-state index in [1.165, 1.54) is 0 Å². The zero-order valence-electron chi connectivity index (χ0n) is 5.30. The van der Waals surface area contributed by atoms with Crippen molar-refractivity contribution >= 4 is 45.2 Å². The van der Waals surface area contributed by atoms with E-state index >= 15 is 0 Å². The van der Waals surface area contributed by atoms with Crippen molar-refractivity contribution in [2.24, 2.45) is 0 Å². The summed E-state index contributed by atoms with van der Waals surface area (Å²) in [6, 6.07) is 0. The molecule has 0 aliphatic heterocycles. The first kappa shape index (κ1) is 11.1. The van der Waals surface area contributed by atoms with Crippen molar-refractivity contribution < 1.29 is 15.3 Å². The second-order valence-corrected chi connectivity index (χ2v) is 4.09. The zero-order chi connectivity index (χ0) is 8.36. The third-order valence-corrected chi connectivity index (χ3v) is 4.55. The topological polar surface area (TPSA) is 60.7 Å². The summed E-state index contributed by atoms with van der Waals surface area (Å²) in [5.74, 6) is -2.66. The molecule has 3 nitrogen and oxygen atoms in total. The summed E-state index contributed by atoms with van der Waals surface area (Å²) in [6.07, 6.45) is 0.683. The van der Waals surface area contributed by atoms with Crippen molar-refractivity contribution in [3.8, 4) is 0 Å². The van der Waals surface area contributed by atoms with Crippen molar-refractivity contribution in [1.82, 2.24) is 0 Å². The standard InChI is InChI=1S/C5H8I2O3/c1-2-3(6)4(7)5(8,9)10/h8-10H,2H2,1H3. The van der Waals surface area contributed by atoms with Crippen molar-refractivity contribution in [2.75, 3.05) is 0 Å². The molecule has 0 aromatic carbocycles. The van der Waals surface area contributed by atoms with Gasteiger partial charge >= 0.3 is 5.97 Å². The van der Waals surface area contributed by atoms with Crippen LogP contribution in [0.3, 0.4) is 0 Å². The number of hydrogen-bond acceptors (Lipinski definition) is 3. The van der Waals surface area contributed by atoms with Gasteiger partial charge in [0.15, 0.2) is 0 Å². The van der Waals surface area contributed by atoms with E-state index in [-0.39, 0.29) is 3.58 Å². The molecule has 0 heterocycles. The Morgan fingerprint density at radius 1 is 1.30 bits per heavy atom. The summed E-state index contributed by atoms with van der Waals surface area (Å²) in [6.45, 7) is 1.87. The molecule has 0 aliphatic rings. The summed E-state index contributed by atoms with van der Waals surface area (Å²) in [5, 5.41) is 25.9. The Balaban J connectivity index is 4.47. The Kier molecular flexibility index (Phi) is 4.64. The van der Waals surface area contributed by atoms with Gasteiger partial charge < -0.3 is 15.3 Å². The van der Waals surface area contributed by atoms with Gasteiger partial charge in [-0.05, 0) is 51.6 Å². The lowest BCUT2D eigenvalue weighted by Crippen LogP contribution is -2.27. The van der Waals surface area contributed by atoms with Crippen LogP contribution in [-0.4, -0.2) is 21.3 Å². The Morgan fingerprint density at radius 3 is 1.80 bits per heavy atom. The highest BCUT2D eigenvalue weighted by atomic mass is 127. The van der Waals surface area contributed by atoms with E-state index in [0.717, 1.165) is 3.58 Å². The maximum atomic E-state index is 8.63. The summed E-state index contributed by atoms with van der Waals surface area (Å²) in [7, 11) is 0. The molecule has 0 aliphatic carbocycles. The molecule has 60 valence electrons. The van der Waals surface area contributed by atoms with Crippen molar-refractivity contribution in [2.45, 2.75) is 19.3 Å². The molecule has 0 fully saturated rings. The molecular weight excluding hydrogens is 362 g/mol. The molecule has 5 heteroatoms. The highest BCUT2D eigenvalue weighted by molar-refractivity contribution is 14.1. The smallest absolute Gasteiger partial charge is 0.311 e. The average Bonchev–Trinajstić information content (AvgIpc) is 1.83. The fourth-order valence-corrected chi connectivity index (χ4v) is 1.08. The van der Waals surface area contributed by atoms with E-state index in [4.69, 9.17) is 15.3 Å². The summed E-state index contributed by atoms with van der Waals surface area (Å²) in [5.41, 5.74) is 0. The monoisotopic (exact) mass is 370 g/mol. The third kappa shape index (κ3) is 3.46. The van der Waals surface area contributed by atoms with Crippen molar-refractivity contribution in [1.29, 1.82) is 0 Å². The normalized spacial score (nSPS) is 15.0. The third-order valence-electron chi connectivity index (χ3n) is 0.843. The Morgan fingerprint density at radius 2 is 1.70 bits per heavy atom. The highest BCUT2D eigenvalue weighted by Gasteiger charge is 2.24. The van der Waals surface area contributed by atoms with E-state index in [0.29, 0.717) is 6.42 Å². The molecular formula is C5H8I2O3. The van der Waals surface area contributed by atoms with Gasteiger partial charge in [0, 0.05) is 3.58 Å². The SMILES string of the molecule is CCC(I)=C(I)C(O)(O)O. The van der Waals surface area contributed by atoms with Gasteiger partial charge in [-0.3, -0.25) is 0 Å². The van der Waals surface area contributed by atoms with E-state index in [2.05, 4.69) is 0 Å². The van der Waals surface area contributed by atoms with E-state index < -0.39 is 5.97 Å². The van der Waals surface area contributed by atoms with Gasteiger partial charge in [-0.2, -0.15) is 0 Å². The Hall–Kier alpha value is 1.08. The molecule has 0 saturated carbocycles. The zero-order valence-corrected chi connectivity index (χ0v) is 9.62. The van der Waals surface area contributed by atoms with Crippen LogP contribution in [0.2, 0.25) is 0 Å². The number of aliphatic hydroxyl groups is 3. The second kappa shape index (κ2) is 4.19. The molecule has 0 amide bonds. The van der Waals surface area contributed by atoms with Crippen molar-refractivity contribution in [3.05, 3.63) is 7.16 Å².